The number of hydrogen-bond acceptors (Lipinski definition) is 2. The molecule has 0 bridgehead atoms. The summed E-state index contributed by atoms with van der Waals surface area (Å²) in [6, 6.07) is 0.682. The molecule has 1 heterocycles. The van der Waals surface area contributed by atoms with Gasteiger partial charge in [0.2, 0.25) is 0 Å². The first-order chi connectivity index (χ1) is 7.63. The van der Waals surface area contributed by atoms with Gasteiger partial charge in [-0.15, -0.1) is 0 Å². The molecule has 1 N–H and O–H groups in total. The van der Waals surface area contributed by atoms with Crippen molar-refractivity contribution in [3.8, 4) is 0 Å². The summed E-state index contributed by atoms with van der Waals surface area (Å²) in [5.41, 5.74) is 0. The van der Waals surface area contributed by atoms with Gasteiger partial charge in [0.05, 0.1) is 0 Å². The monoisotopic (exact) mass is 226 g/mol. The molecular weight excluding hydrogens is 196 g/mol. The Balaban J connectivity index is 2.02. The van der Waals surface area contributed by atoms with Gasteiger partial charge < -0.3 is 10.2 Å². The van der Waals surface area contributed by atoms with Crippen molar-refractivity contribution in [1.29, 1.82) is 0 Å². The van der Waals surface area contributed by atoms with Gasteiger partial charge >= 0.3 is 0 Å². The SMILES string of the molecule is CNC(C)CCCCN1CCC(C(C)C)C1. The van der Waals surface area contributed by atoms with Gasteiger partial charge in [0.1, 0.15) is 0 Å². The molecule has 2 nitrogen and oxygen atoms in total. The van der Waals surface area contributed by atoms with E-state index in [1.807, 2.05) is 0 Å². The van der Waals surface area contributed by atoms with E-state index >= 15 is 0 Å². The average Bonchev–Trinajstić information content (AvgIpc) is 2.72. The topological polar surface area (TPSA) is 15.3 Å². The summed E-state index contributed by atoms with van der Waals surface area (Å²) in [6.45, 7) is 11.0. The minimum Gasteiger partial charge on any atom is -0.317 e. The Hall–Kier alpha value is -0.0800. The van der Waals surface area contributed by atoms with Gasteiger partial charge in [-0.2, -0.15) is 0 Å². The van der Waals surface area contributed by atoms with Crippen LogP contribution in [-0.4, -0.2) is 37.6 Å². The highest BCUT2D eigenvalue weighted by atomic mass is 15.1. The maximum Gasteiger partial charge on any atom is 0.00357 e. The minimum atomic E-state index is 0.682. The van der Waals surface area contributed by atoms with Gasteiger partial charge in [0.15, 0.2) is 0 Å². The largest absolute Gasteiger partial charge is 0.317 e. The molecule has 2 atom stereocenters. The standard InChI is InChI=1S/C14H30N2/c1-12(2)14-8-10-16(11-14)9-6-5-7-13(3)15-4/h12-15H,5-11H2,1-4H3. The Bertz CT molecular complexity index is 180. The summed E-state index contributed by atoms with van der Waals surface area (Å²) >= 11 is 0. The van der Waals surface area contributed by atoms with Gasteiger partial charge in [-0.05, 0) is 58.2 Å². The van der Waals surface area contributed by atoms with Crippen LogP contribution in [0.25, 0.3) is 0 Å². The van der Waals surface area contributed by atoms with Crippen LogP contribution in [0.1, 0.15) is 46.5 Å². The lowest BCUT2D eigenvalue weighted by Gasteiger charge is -2.18. The van der Waals surface area contributed by atoms with Gasteiger partial charge in [0.25, 0.3) is 0 Å². The van der Waals surface area contributed by atoms with Crippen molar-refractivity contribution in [3.63, 3.8) is 0 Å². The highest BCUT2D eigenvalue weighted by Crippen LogP contribution is 2.23. The summed E-state index contributed by atoms with van der Waals surface area (Å²) in [5, 5.41) is 3.30. The van der Waals surface area contributed by atoms with Crippen LogP contribution in [0.15, 0.2) is 0 Å². The van der Waals surface area contributed by atoms with Crippen molar-refractivity contribution in [2.24, 2.45) is 11.8 Å². The van der Waals surface area contributed by atoms with E-state index in [0.29, 0.717) is 6.04 Å². The van der Waals surface area contributed by atoms with Crippen molar-refractivity contribution in [3.05, 3.63) is 0 Å². The van der Waals surface area contributed by atoms with E-state index in [-0.39, 0.29) is 0 Å². The molecule has 0 aromatic rings. The fourth-order valence-electron chi connectivity index (χ4n) is 2.54. The highest BCUT2D eigenvalue weighted by Gasteiger charge is 2.23. The molecule has 1 saturated heterocycles. The maximum absolute atomic E-state index is 3.30. The molecule has 1 aliphatic heterocycles. The van der Waals surface area contributed by atoms with Crippen LogP contribution in [0.4, 0.5) is 0 Å². The summed E-state index contributed by atoms with van der Waals surface area (Å²) in [5.74, 6) is 1.82. The summed E-state index contributed by atoms with van der Waals surface area (Å²) in [6.07, 6.45) is 5.48. The zero-order valence-corrected chi connectivity index (χ0v) is 11.6. The van der Waals surface area contributed by atoms with Gasteiger partial charge in [-0.1, -0.05) is 20.3 Å². The molecule has 1 rings (SSSR count). The maximum atomic E-state index is 3.30. The molecule has 96 valence electrons. The first-order valence-corrected chi connectivity index (χ1v) is 7.03. The molecule has 1 aliphatic rings. The predicted molar refractivity (Wildman–Crippen MR) is 71.8 cm³/mol. The third-order valence-corrected chi connectivity index (χ3v) is 4.11. The Morgan fingerprint density at radius 1 is 1.25 bits per heavy atom. The normalized spacial score (nSPS) is 24.2. The average molecular weight is 226 g/mol. The van der Waals surface area contributed by atoms with E-state index in [1.54, 1.807) is 0 Å². The molecule has 0 aromatic heterocycles. The van der Waals surface area contributed by atoms with Crippen LogP contribution < -0.4 is 5.32 Å². The van der Waals surface area contributed by atoms with E-state index < -0.39 is 0 Å². The van der Waals surface area contributed by atoms with Crippen LogP contribution >= 0.6 is 0 Å². The summed E-state index contributed by atoms with van der Waals surface area (Å²) in [4.78, 5) is 2.66. The lowest BCUT2D eigenvalue weighted by atomic mass is 9.95. The molecule has 1 fully saturated rings. The molecule has 0 saturated carbocycles. The number of rotatable bonds is 7. The van der Waals surface area contributed by atoms with E-state index in [2.05, 4.69) is 38.0 Å². The first kappa shape index (κ1) is 14.0. The highest BCUT2D eigenvalue weighted by molar-refractivity contribution is 4.77. The zero-order chi connectivity index (χ0) is 12.0. The molecule has 0 radical (unpaired) electrons. The molecule has 0 amide bonds. The van der Waals surface area contributed by atoms with Crippen molar-refractivity contribution in [1.82, 2.24) is 10.2 Å². The zero-order valence-electron chi connectivity index (χ0n) is 11.6. The molecule has 2 unspecified atom stereocenters. The van der Waals surface area contributed by atoms with E-state index in [4.69, 9.17) is 0 Å². The van der Waals surface area contributed by atoms with Crippen molar-refractivity contribution in [2.75, 3.05) is 26.7 Å². The Morgan fingerprint density at radius 2 is 2.00 bits per heavy atom. The van der Waals surface area contributed by atoms with Crippen LogP contribution in [0.2, 0.25) is 0 Å². The van der Waals surface area contributed by atoms with Crippen LogP contribution in [0.5, 0.6) is 0 Å². The summed E-state index contributed by atoms with van der Waals surface area (Å²) < 4.78 is 0. The molecule has 2 heteroatoms. The quantitative estimate of drug-likeness (QED) is 0.672. The molecule has 0 spiro atoms. The molecule has 0 aliphatic carbocycles. The number of likely N-dealkylation sites (tertiary alicyclic amines) is 1. The molecular formula is C14H30N2. The second-order valence-corrected chi connectivity index (χ2v) is 5.78. The van der Waals surface area contributed by atoms with Crippen molar-refractivity contribution < 1.29 is 0 Å². The molecule has 16 heavy (non-hydrogen) atoms. The minimum absolute atomic E-state index is 0.682. The predicted octanol–water partition coefficient (Wildman–Crippen LogP) is 2.74. The van der Waals surface area contributed by atoms with Crippen molar-refractivity contribution >= 4 is 0 Å². The van der Waals surface area contributed by atoms with E-state index in [9.17, 15) is 0 Å². The third kappa shape index (κ3) is 4.84. The van der Waals surface area contributed by atoms with Crippen LogP contribution in [0.3, 0.4) is 0 Å². The van der Waals surface area contributed by atoms with E-state index in [1.165, 1.54) is 45.3 Å². The lowest BCUT2D eigenvalue weighted by molar-refractivity contribution is 0.295. The third-order valence-electron chi connectivity index (χ3n) is 4.11. The van der Waals surface area contributed by atoms with Crippen LogP contribution in [-0.2, 0) is 0 Å². The fraction of sp³-hybridized carbons (Fsp3) is 1.00. The smallest absolute Gasteiger partial charge is 0.00357 e. The number of nitrogens with one attached hydrogen (secondary N) is 1. The van der Waals surface area contributed by atoms with E-state index in [0.717, 1.165) is 11.8 Å². The second kappa shape index (κ2) is 7.29. The van der Waals surface area contributed by atoms with Gasteiger partial charge in [-0.25, -0.2) is 0 Å². The number of nitrogens with zero attached hydrogens (tertiary/aromatic N) is 1. The molecule has 0 aromatic carbocycles. The number of unbranched alkanes of at least 4 members (excludes halogenated alkanes) is 1. The summed E-state index contributed by atoms with van der Waals surface area (Å²) in [7, 11) is 2.05. The lowest BCUT2D eigenvalue weighted by Crippen LogP contribution is -2.24. The fourth-order valence-corrected chi connectivity index (χ4v) is 2.54. The van der Waals surface area contributed by atoms with Crippen molar-refractivity contribution in [2.45, 2.75) is 52.5 Å². The number of hydrogen-bond donors (Lipinski definition) is 1. The van der Waals surface area contributed by atoms with Gasteiger partial charge in [-0.3, -0.25) is 0 Å². The van der Waals surface area contributed by atoms with Gasteiger partial charge in [0, 0.05) is 12.6 Å². The Labute approximate surface area is 102 Å². The Morgan fingerprint density at radius 3 is 2.56 bits per heavy atom. The second-order valence-electron chi connectivity index (χ2n) is 5.78. The van der Waals surface area contributed by atoms with Crippen LogP contribution in [0, 0.1) is 11.8 Å². The Kier molecular flexibility index (Phi) is 6.37. The first-order valence-electron chi connectivity index (χ1n) is 7.03.